The van der Waals surface area contributed by atoms with Gasteiger partial charge in [0.25, 0.3) is 0 Å². The van der Waals surface area contributed by atoms with E-state index in [0.717, 1.165) is 37.1 Å². The summed E-state index contributed by atoms with van der Waals surface area (Å²) in [5.41, 5.74) is 2.39. The van der Waals surface area contributed by atoms with Gasteiger partial charge in [-0.05, 0) is 51.1 Å². The van der Waals surface area contributed by atoms with E-state index in [1.165, 1.54) is 23.5 Å². The molecule has 3 rings (SSSR count). The summed E-state index contributed by atoms with van der Waals surface area (Å²) < 4.78 is 44.0. The van der Waals surface area contributed by atoms with Gasteiger partial charge < -0.3 is 4.74 Å². The predicted molar refractivity (Wildman–Crippen MR) is 96.7 cm³/mol. The lowest BCUT2D eigenvalue weighted by molar-refractivity contribution is -0.137. The van der Waals surface area contributed by atoms with E-state index in [2.05, 4.69) is 9.88 Å². The van der Waals surface area contributed by atoms with Crippen LogP contribution in [0.15, 0.2) is 29.8 Å². The fourth-order valence-electron chi connectivity index (χ4n) is 3.58. The molecule has 0 aliphatic carbocycles. The number of hydrogen-bond acceptors (Lipinski definition) is 5. The van der Waals surface area contributed by atoms with Crippen molar-refractivity contribution in [3.8, 4) is 0 Å². The largest absolute Gasteiger partial charge is 0.461 e. The molecule has 2 unspecified atom stereocenters. The van der Waals surface area contributed by atoms with Crippen LogP contribution in [0.2, 0.25) is 0 Å². The van der Waals surface area contributed by atoms with Crippen molar-refractivity contribution < 1.29 is 22.7 Å². The van der Waals surface area contributed by atoms with Gasteiger partial charge in [0, 0.05) is 12.0 Å². The van der Waals surface area contributed by atoms with Gasteiger partial charge in [0.2, 0.25) is 0 Å². The first-order chi connectivity index (χ1) is 12.8. The maximum atomic E-state index is 12.8. The van der Waals surface area contributed by atoms with Crippen LogP contribution < -0.4 is 0 Å². The number of halogens is 3. The Morgan fingerprint density at radius 3 is 2.63 bits per heavy atom. The van der Waals surface area contributed by atoms with E-state index in [4.69, 9.17) is 4.74 Å². The van der Waals surface area contributed by atoms with Gasteiger partial charge in [0.1, 0.15) is 4.88 Å². The van der Waals surface area contributed by atoms with Crippen LogP contribution >= 0.6 is 11.3 Å². The highest BCUT2D eigenvalue weighted by atomic mass is 32.1. The minimum atomic E-state index is -4.35. The Morgan fingerprint density at radius 2 is 2.04 bits per heavy atom. The second-order valence-corrected chi connectivity index (χ2v) is 7.67. The molecule has 1 aromatic heterocycles. The lowest BCUT2D eigenvalue weighted by Gasteiger charge is -2.39. The molecule has 1 aliphatic heterocycles. The molecule has 1 saturated heterocycles. The molecule has 0 N–H and O–H groups in total. The van der Waals surface area contributed by atoms with E-state index in [1.807, 2.05) is 7.05 Å². The number of alkyl halides is 3. The Labute approximate surface area is 160 Å². The number of likely N-dealkylation sites (tertiary alicyclic amines) is 1. The smallest absolute Gasteiger partial charge is 0.416 e. The number of piperidine rings is 1. The minimum absolute atomic E-state index is 0.0256. The van der Waals surface area contributed by atoms with Crippen LogP contribution in [0.1, 0.15) is 45.4 Å². The van der Waals surface area contributed by atoms with Gasteiger partial charge in [0.05, 0.1) is 23.4 Å². The van der Waals surface area contributed by atoms with Gasteiger partial charge in [-0.3, -0.25) is 4.90 Å². The summed E-state index contributed by atoms with van der Waals surface area (Å²) in [6.45, 7) is 2.84. The number of ether oxygens (including phenoxy) is 1. The van der Waals surface area contributed by atoms with Crippen molar-refractivity contribution in [2.45, 2.75) is 32.0 Å². The van der Waals surface area contributed by atoms with Crippen molar-refractivity contribution in [3.05, 3.63) is 51.5 Å². The van der Waals surface area contributed by atoms with E-state index < -0.39 is 17.7 Å². The number of aryl methyl sites for hydroxylation is 1. The maximum Gasteiger partial charge on any atom is 0.416 e. The van der Waals surface area contributed by atoms with Crippen LogP contribution in [0.5, 0.6) is 0 Å². The second kappa shape index (κ2) is 7.98. The topological polar surface area (TPSA) is 42.4 Å². The Bertz CT molecular complexity index is 789. The van der Waals surface area contributed by atoms with Crippen LogP contribution in [0, 0.1) is 12.8 Å². The van der Waals surface area contributed by atoms with E-state index in [0.29, 0.717) is 10.6 Å². The van der Waals surface area contributed by atoms with Crippen LogP contribution in [-0.2, 0) is 10.9 Å². The molecule has 0 radical (unpaired) electrons. The molecule has 2 aromatic rings. The molecule has 1 aromatic carbocycles. The Kier molecular flexibility index (Phi) is 5.86. The van der Waals surface area contributed by atoms with Crippen molar-refractivity contribution in [2.24, 2.45) is 5.92 Å². The van der Waals surface area contributed by atoms with Gasteiger partial charge in [-0.1, -0.05) is 12.1 Å². The summed E-state index contributed by atoms with van der Waals surface area (Å²) in [4.78, 5) is 18.9. The Hall–Kier alpha value is -1.93. The average Bonchev–Trinajstić information content (AvgIpc) is 3.05. The normalized spacial score (nSPS) is 21.2. The lowest BCUT2D eigenvalue weighted by atomic mass is 9.85. The molecule has 146 valence electrons. The standard InChI is InChI=1S/C19H21F3N2O2S/c1-12-17(27-11-23-12)18(25)26-10-14-4-3-9-24(2)16(14)13-5-7-15(8-6-13)19(20,21)22/h5-8,11,14,16H,3-4,9-10H2,1-2H3. The van der Waals surface area contributed by atoms with Gasteiger partial charge in [-0.15, -0.1) is 11.3 Å². The number of esters is 1. The first-order valence-corrected chi connectivity index (χ1v) is 9.60. The molecule has 1 fully saturated rings. The highest BCUT2D eigenvalue weighted by Crippen LogP contribution is 2.37. The zero-order valence-electron chi connectivity index (χ0n) is 15.1. The predicted octanol–water partition coefficient (Wildman–Crippen LogP) is 4.71. The fourth-order valence-corrected chi connectivity index (χ4v) is 4.27. The molecule has 27 heavy (non-hydrogen) atoms. The van der Waals surface area contributed by atoms with Crippen molar-refractivity contribution in [3.63, 3.8) is 0 Å². The summed E-state index contributed by atoms with van der Waals surface area (Å²) >= 11 is 1.24. The average molecular weight is 398 g/mol. The number of rotatable bonds is 4. The monoisotopic (exact) mass is 398 g/mol. The van der Waals surface area contributed by atoms with Crippen LogP contribution in [0.3, 0.4) is 0 Å². The fraction of sp³-hybridized carbons (Fsp3) is 0.474. The first kappa shape index (κ1) is 19.8. The van der Waals surface area contributed by atoms with Crippen molar-refractivity contribution in [1.29, 1.82) is 0 Å². The molecule has 0 amide bonds. The lowest BCUT2D eigenvalue weighted by Crippen LogP contribution is -2.38. The summed E-state index contributed by atoms with van der Waals surface area (Å²) in [7, 11) is 1.95. The molecule has 4 nitrogen and oxygen atoms in total. The second-order valence-electron chi connectivity index (χ2n) is 6.81. The number of carbonyl (C=O) groups excluding carboxylic acids is 1. The summed E-state index contributed by atoms with van der Waals surface area (Å²) in [6, 6.07) is 5.19. The van der Waals surface area contributed by atoms with Crippen molar-refractivity contribution in [2.75, 3.05) is 20.2 Å². The molecule has 2 heterocycles. The molecule has 1 aliphatic rings. The Balaban J connectivity index is 1.73. The molecule has 8 heteroatoms. The third-order valence-electron chi connectivity index (χ3n) is 4.95. The third kappa shape index (κ3) is 4.50. The van der Waals surface area contributed by atoms with Gasteiger partial charge in [-0.25, -0.2) is 9.78 Å². The van der Waals surface area contributed by atoms with Crippen molar-refractivity contribution in [1.82, 2.24) is 9.88 Å². The maximum absolute atomic E-state index is 12.8. The molecular formula is C19H21F3N2O2S. The zero-order chi connectivity index (χ0) is 19.6. The van der Waals surface area contributed by atoms with E-state index in [9.17, 15) is 18.0 Å². The molecule has 0 saturated carbocycles. The number of carbonyl (C=O) groups is 1. The number of nitrogens with zero attached hydrogens (tertiary/aromatic N) is 2. The van der Waals surface area contributed by atoms with Gasteiger partial charge in [-0.2, -0.15) is 13.2 Å². The van der Waals surface area contributed by atoms with E-state index in [1.54, 1.807) is 12.4 Å². The van der Waals surface area contributed by atoms with Crippen molar-refractivity contribution >= 4 is 17.3 Å². The van der Waals surface area contributed by atoms with Gasteiger partial charge in [0.15, 0.2) is 0 Å². The minimum Gasteiger partial charge on any atom is -0.461 e. The van der Waals surface area contributed by atoms with Crippen LogP contribution in [0.4, 0.5) is 13.2 Å². The highest BCUT2D eigenvalue weighted by molar-refractivity contribution is 7.11. The number of aromatic nitrogens is 1. The number of benzene rings is 1. The zero-order valence-corrected chi connectivity index (χ0v) is 15.9. The molecule has 0 spiro atoms. The quantitative estimate of drug-likeness (QED) is 0.700. The van der Waals surface area contributed by atoms with Crippen LogP contribution in [0.25, 0.3) is 0 Å². The van der Waals surface area contributed by atoms with Crippen LogP contribution in [-0.4, -0.2) is 36.1 Å². The highest BCUT2D eigenvalue weighted by Gasteiger charge is 2.34. The SMILES string of the molecule is Cc1ncsc1C(=O)OCC1CCCN(C)C1c1ccc(C(F)(F)F)cc1. The third-order valence-corrected chi connectivity index (χ3v) is 5.85. The first-order valence-electron chi connectivity index (χ1n) is 8.72. The summed E-state index contributed by atoms with van der Waals surface area (Å²) in [5, 5.41) is 0. The summed E-state index contributed by atoms with van der Waals surface area (Å²) in [6.07, 6.45) is -2.54. The number of thiazole rings is 1. The summed E-state index contributed by atoms with van der Waals surface area (Å²) in [5.74, 6) is -0.368. The Morgan fingerprint density at radius 1 is 1.33 bits per heavy atom. The van der Waals surface area contributed by atoms with E-state index in [-0.39, 0.29) is 18.6 Å². The van der Waals surface area contributed by atoms with Gasteiger partial charge >= 0.3 is 12.1 Å². The molecule has 0 bridgehead atoms. The number of hydrogen-bond donors (Lipinski definition) is 0. The van der Waals surface area contributed by atoms with E-state index >= 15 is 0 Å². The molecule has 2 atom stereocenters. The molecular weight excluding hydrogens is 377 g/mol.